The van der Waals surface area contributed by atoms with E-state index in [4.69, 9.17) is 0 Å². The number of sulfone groups is 1. The van der Waals surface area contributed by atoms with Crippen molar-refractivity contribution in [2.45, 2.75) is 37.3 Å². The number of alkyl halides is 3. The van der Waals surface area contributed by atoms with E-state index in [2.05, 4.69) is 10.1 Å². The Balaban J connectivity index is 2.01. The Morgan fingerprint density at radius 3 is 2.45 bits per heavy atom. The monoisotopic (exact) mass is 477 g/mol. The molecule has 2 aromatic carbocycles. The molecule has 0 bridgehead atoms. The first-order chi connectivity index (χ1) is 15.2. The van der Waals surface area contributed by atoms with Crippen LogP contribution in [-0.4, -0.2) is 29.7 Å². The molecule has 0 saturated carbocycles. The molecule has 4 rings (SSSR count). The summed E-state index contributed by atoms with van der Waals surface area (Å²) in [5, 5.41) is 2.76. The molecule has 33 heavy (non-hydrogen) atoms. The van der Waals surface area contributed by atoms with Gasteiger partial charge >= 0.3 is 6.18 Å². The molecule has 0 fully saturated rings. The highest BCUT2D eigenvalue weighted by Gasteiger charge is 2.42. The Morgan fingerprint density at radius 1 is 1.15 bits per heavy atom. The van der Waals surface area contributed by atoms with Gasteiger partial charge in [0, 0.05) is 24.2 Å². The third kappa shape index (κ3) is 3.92. The Morgan fingerprint density at radius 2 is 1.85 bits per heavy atom. The predicted octanol–water partition coefficient (Wildman–Crippen LogP) is 4.27. The van der Waals surface area contributed by atoms with Gasteiger partial charge in [-0.3, -0.25) is 9.48 Å². The summed E-state index contributed by atoms with van der Waals surface area (Å²) in [6.07, 6.45) is -3.11. The van der Waals surface area contributed by atoms with Crippen molar-refractivity contribution in [3.63, 3.8) is 0 Å². The molecule has 0 unspecified atom stereocenters. The van der Waals surface area contributed by atoms with Gasteiger partial charge in [0.25, 0.3) is 5.56 Å². The molecule has 10 heteroatoms. The molecule has 0 atom stereocenters. The fourth-order valence-corrected chi connectivity index (χ4v) is 6.71. The van der Waals surface area contributed by atoms with Crippen LogP contribution in [0.1, 0.15) is 41.7 Å². The maximum Gasteiger partial charge on any atom is 0.416 e. The molecule has 0 radical (unpaired) electrons. The van der Waals surface area contributed by atoms with Crippen LogP contribution in [-0.2, 0) is 28.5 Å². The number of fused-ring (bicyclic) bond motifs is 1. The van der Waals surface area contributed by atoms with Crippen molar-refractivity contribution >= 4 is 21.2 Å². The van der Waals surface area contributed by atoms with E-state index in [1.165, 1.54) is 36.1 Å². The zero-order valence-corrected chi connectivity index (χ0v) is 19.2. The Bertz CT molecular complexity index is 1460. The molecular formula is C23H22F3N3O3S. The number of nitrogens with zero attached hydrogens (tertiary/aromatic N) is 2. The van der Waals surface area contributed by atoms with Gasteiger partial charge in [-0.05, 0) is 42.3 Å². The van der Waals surface area contributed by atoms with Gasteiger partial charge in [-0.1, -0.05) is 26.0 Å². The Labute approximate surface area is 188 Å². The van der Waals surface area contributed by atoms with Crippen LogP contribution in [0.4, 0.5) is 18.9 Å². The van der Waals surface area contributed by atoms with Crippen LogP contribution in [0.15, 0.2) is 57.3 Å². The topological polar surface area (TPSA) is 84.3 Å². The second-order valence-corrected chi connectivity index (χ2v) is 10.8. The van der Waals surface area contributed by atoms with Crippen LogP contribution in [0, 0.1) is 6.92 Å². The van der Waals surface area contributed by atoms with Gasteiger partial charge < -0.3 is 5.10 Å². The van der Waals surface area contributed by atoms with Crippen molar-refractivity contribution < 1.29 is 21.6 Å². The number of rotatable bonds is 3. The maximum absolute atomic E-state index is 13.2. The molecule has 0 amide bonds. The number of H-pyrrole nitrogens is 1. The molecule has 1 aliphatic heterocycles. The van der Waals surface area contributed by atoms with Gasteiger partial charge in [0.2, 0.25) is 0 Å². The number of hydrogen-bond acceptors (Lipinski definition) is 4. The van der Waals surface area contributed by atoms with E-state index in [9.17, 15) is 26.4 Å². The summed E-state index contributed by atoms with van der Waals surface area (Å²) in [4.78, 5) is 17.4. The summed E-state index contributed by atoms with van der Waals surface area (Å²) in [6.45, 7) is 5.40. The maximum atomic E-state index is 13.2. The minimum atomic E-state index is -4.54. The highest BCUT2D eigenvalue weighted by atomic mass is 32.2. The second kappa shape index (κ2) is 7.44. The van der Waals surface area contributed by atoms with Crippen molar-refractivity contribution in [3.05, 3.63) is 80.8 Å². The Kier molecular flexibility index (Phi) is 5.19. The Hall–Kier alpha value is -3.14. The normalized spacial score (nSPS) is 17.2. The van der Waals surface area contributed by atoms with Gasteiger partial charge in [-0.15, -0.1) is 0 Å². The van der Waals surface area contributed by atoms with Crippen LogP contribution in [0.25, 0.3) is 0 Å². The lowest BCUT2D eigenvalue weighted by Crippen LogP contribution is -2.23. The van der Waals surface area contributed by atoms with Crippen LogP contribution in [0.3, 0.4) is 0 Å². The van der Waals surface area contributed by atoms with Crippen LogP contribution in [0.2, 0.25) is 0 Å². The smallest absolute Gasteiger partial charge is 0.302 e. The number of aromatic nitrogens is 2. The molecular weight excluding hydrogens is 455 g/mol. The first kappa shape index (κ1) is 23.0. The van der Waals surface area contributed by atoms with Crippen molar-refractivity contribution in [1.82, 2.24) is 9.78 Å². The van der Waals surface area contributed by atoms with E-state index in [1.807, 2.05) is 13.8 Å². The minimum Gasteiger partial charge on any atom is -0.302 e. The SMILES string of the molecule is Cc1c(C(=Nc2cccc(C(F)(F)F)c2)c2c[nH]n(C)c2=O)ccc2c1C(C)(C)CS2(=O)=O. The fraction of sp³-hybridized carbons (Fsp3) is 0.304. The number of aromatic amines is 1. The number of nitrogens with one attached hydrogen (secondary N) is 1. The van der Waals surface area contributed by atoms with Crippen molar-refractivity contribution in [2.75, 3.05) is 5.75 Å². The summed E-state index contributed by atoms with van der Waals surface area (Å²) >= 11 is 0. The van der Waals surface area contributed by atoms with E-state index in [0.29, 0.717) is 16.7 Å². The lowest BCUT2D eigenvalue weighted by atomic mass is 9.81. The summed E-state index contributed by atoms with van der Waals surface area (Å²) in [6, 6.07) is 7.58. The van der Waals surface area contributed by atoms with E-state index in [-0.39, 0.29) is 27.6 Å². The van der Waals surface area contributed by atoms with E-state index in [1.54, 1.807) is 13.0 Å². The predicted molar refractivity (Wildman–Crippen MR) is 119 cm³/mol. The summed E-state index contributed by atoms with van der Waals surface area (Å²) < 4.78 is 66.2. The second-order valence-electron chi connectivity index (χ2n) is 8.81. The molecule has 1 aliphatic rings. The average molecular weight is 478 g/mol. The van der Waals surface area contributed by atoms with Crippen molar-refractivity contribution in [2.24, 2.45) is 12.0 Å². The largest absolute Gasteiger partial charge is 0.416 e. The van der Waals surface area contributed by atoms with Crippen LogP contribution in [0.5, 0.6) is 0 Å². The van der Waals surface area contributed by atoms with Crippen molar-refractivity contribution in [3.8, 4) is 0 Å². The van der Waals surface area contributed by atoms with Gasteiger partial charge in [0.05, 0.1) is 33.2 Å². The molecule has 0 saturated heterocycles. The molecule has 0 spiro atoms. The number of benzene rings is 2. The van der Waals surface area contributed by atoms with Gasteiger partial charge in [-0.25, -0.2) is 13.4 Å². The summed E-state index contributed by atoms with van der Waals surface area (Å²) in [5.41, 5.74) is 0.141. The molecule has 0 aliphatic carbocycles. The standard InChI is InChI=1S/C23H22F3N3O3S/c1-13-16(8-9-18-19(13)22(2,3)12-33(18,31)32)20(17-11-27-29(4)21(17)30)28-15-7-5-6-14(10-15)23(24,25)26/h5-11,27H,12H2,1-4H3. The van der Waals surface area contributed by atoms with E-state index in [0.717, 1.165) is 12.1 Å². The van der Waals surface area contributed by atoms with Gasteiger partial charge in [0.1, 0.15) is 0 Å². The molecule has 2 heterocycles. The number of halogens is 3. The molecule has 174 valence electrons. The number of hydrogen-bond donors (Lipinski definition) is 1. The lowest BCUT2D eigenvalue weighted by Gasteiger charge is -2.21. The average Bonchev–Trinajstić information content (AvgIpc) is 3.12. The summed E-state index contributed by atoms with van der Waals surface area (Å²) in [5.74, 6) is -0.0499. The number of aryl methyl sites for hydroxylation is 1. The minimum absolute atomic E-state index is 0.0230. The van der Waals surface area contributed by atoms with Crippen molar-refractivity contribution in [1.29, 1.82) is 0 Å². The molecule has 1 aromatic heterocycles. The summed E-state index contributed by atoms with van der Waals surface area (Å²) in [7, 11) is -1.95. The number of aliphatic imine (C=N–C) groups is 1. The molecule has 3 aromatic rings. The molecule has 1 N–H and O–H groups in total. The van der Waals surface area contributed by atoms with Crippen LogP contribution >= 0.6 is 0 Å². The van der Waals surface area contributed by atoms with Gasteiger partial charge in [-0.2, -0.15) is 13.2 Å². The zero-order valence-electron chi connectivity index (χ0n) is 18.4. The van der Waals surface area contributed by atoms with Gasteiger partial charge in [0.15, 0.2) is 9.84 Å². The third-order valence-electron chi connectivity index (χ3n) is 5.85. The molecule has 6 nitrogen and oxygen atoms in total. The third-order valence-corrected chi connectivity index (χ3v) is 7.96. The van der Waals surface area contributed by atoms with E-state index < -0.39 is 32.6 Å². The lowest BCUT2D eigenvalue weighted by molar-refractivity contribution is -0.137. The van der Waals surface area contributed by atoms with E-state index >= 15 is 0 Å². The van der Waals surface area contributed by atoms with Crippen LogP contribution < -0.4 is 5.56 Å². The highest BCUT2D eigenvalue weighted by Crippen LogP contribution is 2.42. The zero-order chi connectivity index (χ0) is 24.3. The quantitative estimate of drug-likeness (QED) is 0.572. The first-order valence-corrected chi connectivity index (χ1v) is 11.8. The highest BCUT2D eigenvalue weighted by molar-refractivity contribution is 7.91. The first-order valence-electron chi connectivity index (χ1n) is 10.1. The fourth-order valence-electron chi connectivity index (χ4n) is 4.45.